The summed E-state index contributed by atoms with van der Waals surface area (Å²) < 4.78 is 50.8. The van der Waals surface area contributed by atoms with Gasteiger partial charge in [0.25, 0.3) is 5.91 Å². The molecule has 1 amide bonds. The van der Waals surface area contributed by atoms with Gasteiger partial charge in [-0.05, 0) is 65.3 Å². The summed E-state index contributed by atoms with van der Waals surface area (Å²) in [5.74, 6) is -1.45. The standard InChI is InChI=1S/C37H32FN3O5S/c1-37(2)19-30-35(47(44,45)22-37)34(28-14-13-27(18-29(28)38)46-21-23-7-4-3-5-8-23)41(31-9-6-10-32(42)33(31)40-30)36(43)25-12-11-24-15-16-39-20-26(24)17-25/h3-18,20,34,40,42H,19,21-22H2,1-2H3. The molecule has 0 saturated carbocycles. The first kappa shape index (κ1) is 30.4. The molecule has 1 unspecified atom stereocenters. The lowest BCUT2D eigenvalue weighted by molar-refractivity contribution is 0.0980. The molecule has 0 saturated heterocycles. The fourth-order valence-corrected chi connectivity index (χ4v) is 8.88. The molecule has 0 fully saturated rings. The molecular formula is C37H32FN3O5S. The zero-order valence-electron chi connectivity index (χ0n) is 25.8. The number of carbonyl (C=O) groups is 1. The molecule has 0 bridgehead atoms. The van der Waals surface area contributed by atoms with Crippen molar-refractivity contribution in [2.45, 2.75) is 32.9 Å². The number of sulfone groups is 1. The Kier molecular flexibility index (Phi) is 7.47. The molecule has 238 valence electrons. The number of para-hydroxylation sites is 1. The van der Waals surface area contributed by atoms with Crippen LogP contribution in [0.3, 0.4) is 0 Å². The van der Waals surface area contributed by atoms with Gasteiger partial charge in [0.05, 0.1) is 16.3 Å². The van der Waals surface area contributed by atoms with Crippen molar-refractivity contribution in [3.63, 3.8) is 0 Å². The first-order valence-corrected chi connectivity index (χ1v) is 16.8. The first-order valence-electron chi connectivity index (χ1n) is 15.2. The number of anilines is 2. The van der Waals surface area contributed by atoms with Crippen LogP contribution in [0, 0.1) is 11.2 Å². The number of hydrogen-bond acceptors (Lipinski definition) is 7. The van der Waals surface area contributed by atoms with Crippen molar-refractivity contribution in [3.05, 3.63) is 136 Å². The van der Waals surface area contributed by atoms with Gasteiger partial charge in [0, 0.05) is 40.7 Å². The number of amides is 1. The van der Waals surface area contributed by atoms with Gasteiger partial charge in [-0.1, -0.05) is 56.3 Å². The van der Waals surface area contributed by atoms with Crippen LogP contribution < -0.4 is 15.0 Å². The van der Waals surface area contributed by atoms with E-state index < -0.39 is 33.0 Å². The highest BCUT2D eigenvalue weighted by atomic mass is 32.2. The van der Waals surface area contributed by atoms with E-state index in [2.05, 4.69) is 10.3 Å². The number of allylic oxidation sites excluding steroid dienone is 1. The fourth-order valence-electron chi connectivity index (χ4n) is 6.53. The highest BCUT2D eigenvalue weighted by Crippen LogP contribution is 2.52. The molecule has 7 rings (SSSR count). The molecule has 2 aliphatic rings. The summed E-state index contributed by atoms with van der Waals surface area (Å²) in [7, 11) is -4.07. The van der Waals surface area contributed by atoms with E-state index in [0.717, 1.165) is 10.9 Å². The Morgan fingerprint density at radius 2 is 1.83 bits per heavy atom. The zero-order chi connectivity index (χ0) is 32.9. The van der Waals surface area contributed by atoms with E-state index in [1.165, 1.54) is 23.1 Å². The normalized spacial score (nSPS) is 18.1. The van der Waals surface area contributed by atoms with Gasteiger partial charge < -0.3 is 15.2 Å². The molecule has 5 aromatic rings. The zero-order valence-corrected chi connectivity index (χ0v) is 26.6. The van der Waals surface area contributed by atoms with Crippen molar-refractivity contribution in [1.82, 2.24) is 4.98 Å². The monoisotopic (exact) mass is 649 g/mol. The highest BCUT2D eigenvalue weighted by molar-refractivity contribution is 7.95. The Bertz CT molecular complexity index is 2180. The van der Waals surface area contributed by atoms with E-state index >= 15 is 4.39 Å². The molecule has 1 aromatic heterocycles. The summed E-state index contributed by atoms with van der Waals surface area (Å²) >= 11 is 0. The summed E-state index contributed by atoms with van der Waals surface area (Å²) in [5, 5.41) is 15.8. The number of rotatable bonds is 5. The van der Waals surface area contributed by atoms with Crippen molar-refractivity contribution < 1.29 is 27.4 Å². The number of halogens is 1. The van der Waals surface area contributed by atoms with Crippen LogP contribution in [0.5, 0.6) is 11.5 Å². The van der Waals surface area contributed by atoms with E-state index in [1.54, 1.807) is 48.8 Å². The lowest BCUT2D eigenvalue weighted by atomic mass is 9.88. The maximum atomic E-state index is 16.4. The number of nitrogens with one attached hydrogen (secondary N) is 1. The van der Waals surface area contributed by atoms with E-state index in [0.29, 0.717) is 11.1 Å². The Morgan fingerprint density at radius 3 is 2.62 bits per heavy atom. The molecule has 4 aromatic carbocycles. The van der Waals surface area contributed by atoms with Gasteiger partial charge in [0.2, 0.25) is 0 Å². The minimum absolute atomic E-state index is 0.0263. The van der Waals surface area contributed by atoms with Crippen LogP contribution in [0.1, 0.15) is 47.8 Å². The number of pyridine rings is 1. The average Bonchev–Trinajstić information content (AvgIpc) is 3.18. The largest absolute Gasteiger partial charge is 0.506 e. The maximum Gasteiger partial charge on any atom is 0.259 e. The highest BCUT2D eigenvalue weighted by Gasteiger charge is 2.48. The van der Waals surface area contributed by atoms with Gasteiger partial charge in [-0.25, -0.2) is 12.8 Å². The van der Waals surface area contributed by atoms with Gasteiger partial charge in [0.15, 0.2) is 9.84 Å². The molecule has 1 atom stereocenters. The summed E-state index contributed by atoms with van der Waals surface area (Å²) in [5.41, 5.74) is 1.11. The number of aromatic nitrogens is 1. The third-order valence-electron chi connectivity index (χ3n) is 8.55. The molecule has 0 aliphatic carbocycles. The number of fused-ring (bicyclic) bond motifs is 2. The van der Waals surface area contributed by atoms with E-state index in [4.69, 9.17) is 4.74 Å². The number of benzene rings is 4. The lowest BCUT2D eigenvalue weighted by Gasteiger charge is -2.37. The SMILES string of the molecule is CC1(C)CC2=C(C(c3ccc(OCc4ccccc4)cc3F)N(C(=O)c3ccc4ccncc4c3)c3cccc(O)c3N2)S(=O)(=O)C1. The van der Waals surface area contributed by atoms with Gasteiger partial charge in [0.1, 0.15) is 35.7 Å². The smallest absolute Gasteiger partial charge is 0.259 e. The van der Waals surface area contributed by atoms with Gasteiger partial charge in [-0.15, -0.1) is 0 Å². The van der Waals surface area contributed by atoms with Crippen LogP contribution in [0.15, 0.2) is 114 Å². The van der Waals surface area contributed by atoms with Crippen molar-refractivity contribution in [2.24, 2.45) is 5.41 Å². The molecule has 0 radical (unpaired) electrons. The number of phenolic OH excluding ortho intramolecular Hbond substituents is 1. The number of carbonyl (C=O) groups excluding carboxylic acids is 1. The van der Waals surface area contributed by atoms with Crippen LogP contribution in [0.4, 0.5) is 15.8 Å². The Labute approximate surface area is 272 Å². The van der Waals surface area contributed by atoms with Crippen molar-refractivity contribution in [3.8, 4) is 11.5 Å². The average molecular weight is 650 g/mol. The van der Waals surface area contributed by atoms with E-state index in [1.807, 2.05) is 50.2 Å². The number of nitrogens with zero attached hydrogens (tertiary/aromatic N) is 2. The molecule has 47 heavy (non-hydrogen) atoms. The van der Waals surface area contributed by atoms with Crippen LogP contribution in [0.2, 0.25) is 0 Å². The summed E-state index contributed by atoms with van der Waals surface area (Å²) in [6.07, 6.45) is 3.57. The molecular weight excluding hydrogens is 617 g/mol. The van der Waals surface area contributed by atoms with E-state index in [-0.39, 0.29) is 57.7 Å². The van der Waals surface area contributed by atoms with Crippen LogP contribution in [0.25, 0.3) is 10.8 Å². The second-order valence-electron chi connectivity index (χ2n) is 12.7. The van der Waals surface area contributed by atoms with Gasteiger partial charge in [-0.2, -0.15) is 0 Å². The van der Waals surface area contributed by atoms with Crippen molar-refractivity contribution in [1.29, 1.82) is 0 Å². The second kappa shape index (κ2) is 11.5. The van der Waals surface area contributed by atoms with Crippen LogP contribution in [-0.4, -0.2) is 30.2 Å². The van der Waals surface area contributed by atoms with Crippen LogP contribution >= 0.6 is 0 Å². The quantitative estimate of drug-likeness (QED) is 0.190. The van der Waals surface area contributed by atoms with Crippen molar-refractivity contribution >= 4 is 37.9 Å². The lowest BCUT2D eigenvalue weighted by Crippen LogP contribution is -2.41. The molecule has 2 aliphatic heterocycles. The maximum absolute atomic E-state index is 16.4. The number of ether oxygens (including phenoxy) is 1. The van der Waals surface area contributed by atoms with Gasteiger partial charge in [-0.3, -0.25) is 14.7 Å². The fraction of sp³-hybridized carbons (Fsp3) is 0.189. The first-order chi connectivity index (χ1) is 22.5. The number of aromatic hydroxyl groups is 1. The van der Waals surface area contributed by atoms with Crippen molar-refractivity contribution in [2.75, 3.05) is 16.0 Å². The molecule has 0 spiro atoms. The second-order valence-corrected chi connectivity index (χ2v) is 14.7. The Balaban J connectivity index is 1.43. The van der Waals surface area contributed by atoms with Crippen LogP contribution in [-0.2, 0) is 16.4 Å². The Morgan fingerprint density at radius 1 is 1.02 bits per heavy atom. The minimum Gasteiger partial charge on any atom is -0.506 e. The van der Waals surface area contributed by atoms with E-state index in [9.17, 15) is 18.3 Å². The minimum atomic E-state index is -4.07. The topological polar surface area (TPSA) is 109 Å². The third-order valence-corrected chi connectivity index (χ3v) is 10.9. The Hall–Kier alpha value is -5.22. The predicted octanol–water partition coefficient (Wildman–Crippen LogP) is 7.53. The van der Waals surface area contributed by atoms with Gasteiger partial charge >= 0.3 is 0 Å². The molecule has 3 heterocycles. The number of phenols is 1. The third kappa shape index (κ3) is 5.69. The predicted molar refractivity (Wildman–Crippen MR) is 179 cm³/mol. The molecule has 8 nitrogen and oxygen atoms in total. The summed E-state index contributed by atoms with van der Waals surface area (Å²) in [4.78, 5) is 20.1. The molecule has 10 heteroatoms. The summed E-state index contributed by atoms with van der Waals surface area (Å²) in [6.45, 7) is 3.89. The summed E-state index contributed by atoms with van der Waals surface area (Å²) in [6, 6.07) is 23.9. The molecule has 2 N–H and O–H groups in total. The number of hydrogen-bond donors (Lipinski definition) is 2.